The Bertz CT molecular complexity index is 444. The zero-order chi connectivity index (χ0) is 14.0. The van der Waals surface area contributed by atoms with Crippen LogP contribution in [0.4, 0.5) is 5.69 Å². The number of hydrogen-bond donors (Lipinski definition) is 1. The molecule has 0 spiro atoms. The Morgan fingerprint density at radius 2 is 1.95 bits per heavy atom. The van der Waals surface area contributed by atoms with Crippen molar-refractivity contribution in [1.29, 1.82) is 0 Å². The minimum Gasteiger partial charge on any atom is -0.399 e. The molecule has 1 heterocycles. The molecular formula is C15H23N3O. The third kappa shape index (κ3) is 3.26. The average molecular weight is 261 g/mol. The van der Waals surface area contributed by atoms with Crippen LogP contribution >= 0.6 is 0 Å². The summed E-state index contributed by atoms with van der Waals surface area (Å²) in [6, 6.07) is 5.89. The highest BCUT2D eigenvalue weighted by Crippen LogP contribution is 2.18. The first-order valence-electron chi connectivity index (χ1n) is 6.80. The fourth-order valence-corrected chi connectivity index (χ4v) is 2.69. The van der Waals surface area contributed by atoms with Crippen molar-refractivity contribution in [2.24, 2.45) is 0 Å². The van der Waals surface area contributed by atoms with Gasteiger partial charge in [-0.3, -0.25) is 4.79 Å². The number of nitrogen functional groups attached to an aromatic ring is 1. The van der Waals surface area contributed by atoms with Crippen LogP contribution in [0.2, 0.25) is 0 Å². The molecule has 2 rings (SSSR count). The van der Waals surface area contributed by atoms with Crippen LogP contribution in [-0.4, -0.2) is 48.9 Å². The third-order valence-corrected chi connectivity index (χ3v) is 3.90. The van der Waals surface area contributed by atoms with Gasteiger partial charge in [-0.15, -0.1) is 0 Å². The molecule has 1 aromatic carbocycles. The summed E-state index contributed by atoms with van der Waals surface area (Å²) < 4.78 is 0. The number of likely N-dealkylation sites (tertiary alicyclic amines) is 1. The highest BCUT2D eigenvalue weighted by Gasteiger charge is 2.24. The summed E-state index contributed by atoms with van der Waals surface area (Å²) in [5, 5.41) is 0. The van der Waals surface area contributed by atoms with Crippen LogP contribution in [0.1, 0.15) is 28.8 Å². The summed E-state index contributed by atoms with van der Waals surface area (Å²) in [5.74, 6) is 0.0740. The minimum atomic E-state index is 0.0740. The van der Waals surface area contributed by atoms with Crippen LogP contribution in [0.25, 0.3) is 0 Å². The molecule has 4 heteroatoms. The molecule has 0 atom stereocenters. The van der Waals surface area contributed by atoms with Crippen molar-refractivity contribution in [3.05, 3.63) is 29.3 Å². The van der Waals surface area contributed by atoms with Gasteiger partial charge in [0.1, 0.15) is 0 Å². The summed E-state index contributed by atoms with van der Waals surface area (Å²) in [4.78, 5) is 16.7. The molecule has 0 bridgehead atoms. The summed E-state index contributed by atoms with van der Waals surface area (Å²) in [6.45, 7) is 4.07. The van der Waals surface area contributed by atoms with Crippen molar-refractivity contribution in [3.63, 3.8) is 0 Å². The Labute approximate surface area is 115 Å². The minimum absolute atomic E-state index is 0.0740. The van der Waals surface area contributed by atoms with Crippen LogP contribution in [-0.2, 0) is 0 Å². The van der Waals surface area contributed by atoms with Gasteiger partial charge in [0.25, 0.3) is 5.91 Å². The lowest BCUT2D eigenvalue weighted by atomic mass is 10.0. The van der Waals surface area contributed by atoms with E-state index < -0.39 is 0 Å². The number of carbonyl (C=O) groups is 1. The van der Waals surface area contributed by atoms with E-state index in [1.807, 2.05) is 31.0 Å². The first-order valence-corrected chi connectivity index (χ1v) is 6.80. The van der Waals surface area contributed by atoms with E-state index in [2.05, 4.69) is 11.9 Å². The quantitative estimate of drug-likeness (QED) is 0.825. The van der Waals surface area contributed by atoms with Gasteiger partial charge in [-0.2, -0.15) is 0 Å². The maximum absolute atomic E-state index is 12.5. The number of hydrogen-bond acceptors (Lipinski definition) is 3. The number of anilines is 1. The van der Waals surface area contributed by atoms with Crippen molar-refractivity contribution in [2.45, 2.75) is 25.8 Å². The number of amides is 1. The fourth-order valence-electron chi connectivity index (χ4n) is 2.69. The average Bonchev–Trinajstić information content (AvgIpc) is 2.37. The van der Waals surface area contributed by atoms with Gasteiger partial charge in [0.2, 0.25) is 0 Å². The number of nitrogens with two attached hydrogens (primary N) is 1. The third-order valence-electron chi connectivity index (χ3n) is 3.90. The number of nitrogens with zero attached hydrogens (tertiary/aromatic N) is 2. The molecule has 0 saturated carbocycles. The summed E-state index contributed by atoms with van der Waals surface area (Å²) in [7, 11) is 4.02. The van der Waals surface area contributed by atoms with Crippen molar-refractivity contribution in [3.8, 4) is 0 Å². The number of benzene rings is 1. The van der Waals surface area contributed by atoms with E-state index in [9.17, 15) is 4.79 Å². The predicted molar refractivity (Wildman–Crippen MR) is 78.2 cm³/mol. The summed E-state index contributed by atoms with van der Waals surface area (Å²) in [6.07, 6.45) is 2.08. The van der Waals surface area contributed by atoms with Gasteiger partial charge in [0, 0.05) is 24.3 Å². The SMILES string of the molecule is Cc1cc(N)cc(C(=O)N(C)C2CCN(C)CC2)c1. The van der Waals surface area contributed by atoms with E-state index in [1.165, 1.54) is 0 Å². The van der Waals surface area contributed by atoms with Crippen LogP contribution in [0.15, 0.2) is 18.2 Å². The molecule has 0 unspecified atom stereocenters. The molecule has 1 aliphatic heterocycles. The van der Waals surface area contributed by atoms with Crippen LogP contribution in [0.5, 0.6) is 0 Å². The standard InChI is InChI=1S/C15H23N3O/c1-11-8-12(10-13(16)9-11)15(19)18(3)14-4-6-17(2)7-5-14/h8-10,14H,4-7,16H2,1-3H3. The van der Waals surface area contributed by atoms with Gasteiger partial charge in [0.05, 0.1) is 0 Å². The van der Waals surface area contributed by atoms with Gasteiger partial charge in [-0.1, -0.05) is 0 Å². The van der Waals surface area contributed by atoms with Gasteiger partial charge in [-0.05, 0) is 63.7 Å². The molecule has 1 amide bonds. The molecule has 0 radical (unpaired) electrons. The maximum Gasteiger partial charge on any atom is 0.253 e. The Kier molecular flexibility index (Phi) is 4.10. The van der Waals surface area contributed by atoms with Gasteiger partial charge < -0.3 is 15.5 Å². The first-order chi connectivity index (χ1) is 8.97. The lowest BCUT2D eigenvalue weighted by molar-refractivity contribution is 0.0659. The van der Waals surface area contributed by atoms with Crippen LogP contribution in [0.3, 0.4) is 0 Å². The highest BCUT2D eigenvalue weighted by atomic mass is 16.2. The number of piperidine rings is 1. The predicted octanol–water partition coefficient (Wildman–Crippen LogP) is 1.74. The van der Waals surface area contributed by atoms with Crippen LogP contribution < -0.4 is 5.73 Å². The van der Waals surface area contributed by atoms with E-state index in [1.54, 1.807) is 6.07 Å². The van der Waals surface area contributed by atoms with E-state index in [-0.39, 0.29) is 5.91 Å². The Balaban J connectivity index is 2.10. The van der Waals surface area contributed by atoms with E-state index in [0.29, 0.717) is 17.3 Å². The number of rotatable bonds is 2. The van der Waals surface area contributed by atoms with Crippen molar-refractivity contribution in [1.82, 2.24) is 9.80 Å². The van der Waals surface area contributed by atoms with Gasteiger partial charge in [-0.25, -0.2) is 0 Å². The molecule has 1 fully saturated rings. The molecule has 1 aliphatic rings. The monoisotopic (exact) mass is 261 g/mol. The summed E-state index contributed by atoms with van der Waals surface area (Å²) in [5.41, 5.74) is 8.19. The lowest BCUT2D eigenvalue weighted by Gasteiger charge is -2.35. The molecular weight excluding hydrogens is 238 g/mol. The molecule has 4 nitrogen and oxygen atoms in total. The van der Waals surface area contributed by atoms with E-state index >= 15 is 0 Å². The topological polar surface area (TPSA) is 49.6 Å². The van der Waals surface area contributed by atoms with Gasteiger partial charge in [0.15, 0.2) is 0 Å². The molecule has 1 aromatic rings. The zero-order valence-corrected chi connectivity index (χ0v) is 12.0. The highest BCUT2D eigenvalue weighted by molar-refractivity contribution is 5.95. The Morgan fingerprint density at radius 3 is 2.53 bits per heavy atom. The zero-order valence-electron chi connectivity index (χ0n) is 12.0. The first kappa shape index (κ1) is 13.9. The van der Waals surface area contributed by atoms with E-state index in [4.69, 9.17) is 5.73 Å². The largest absolute Gasteiger partial charge is 0.399 e. The van der Waals surface area contributed by atoms with Crippen molar-refractivity contribution in [2.75, 3.05) is 32.9 Å². The lowest BCUT2D eigenvalue weighted by Crippen LogP contribution is -2.44. The maximum atomic E-state index is 12.5. The molecule has 19 heavy (non-hydrogen) atoms. The Morgan fingerprint density at radius 1 is 1.32 bits per heavy atom. The normalized spacial score (nSPS) is 17.4. The fraction of sp³-hybridized carbons (Fsp3) is 0.533. The number of aryl methyl sites for hydroxylation is 1. The van der Waals surface area contributed by atoms with Crippen molar-refractivity contribution >= 4 is 11.6 Å². The van der Waals surface area contributed by atoms with Crippen molar-refractivity contribution < 1.29 is 4.79 Å². The molecule has 0 aliphatic carbocycles. The molecule has 2 N–H and O–H groups in total. The second kappa shape index (κ2) is 5.61. The second-order valence-electron chi connectivity index (χ2n) is 5.58. The van der Waals surface area contributed by atoms with Gasteiger partial charge >= 0.3 is 0 Å². The molecule has 104 valence electrons. The smallest absolute Gasteiger partial charge is 0.253 e. The molecule has 0 aromatic heterocycles. The molecule has 1 saturated heterocycles. The Hall–Kier alpha value is -1.55. The van der Waals surface area contributed by atoms with E-state index in [0.717, 1.165) is 31.5 Å². The number of carbonyl (C=O) groups excluding carboxylic acids is 1. The van der Waals surface area contributed by atoms with Crippen LogP contribution in [0, 0.1) is 6.92 Å². The summed E-state index contributed by atoms with van der Waals surface area (Å²) >= 11 is 0. The second-order valence-corrected chi connectivity index (χ2v) is 5.58.